The van der Waals surface area contributed by atoms with E-state index in [-0.39, 0.29) is 11.8 Å². The predicted molar refractivity (Wildman–Crippen MR) is 101 cm³/mol. The van der Waals surface area contributed by atoms with Gasteiger partial charge in [0, 0.05) is 5.69 Å². The second kappa shape index (κ2) is 7.87. The van der Waals surface area contributed by atoms with Crippen LogP contribution in [0.25, 0.3) is 5.82 Å². The first kappa shape index (κ1) is 19.9. The quantitative estimate of drug-likeness (QED) is 0.783. The highest BCUT2D eigenvalue weighted by molar-refractivity contribution is 8.00. The van der Waals surface area contributed by atoms with Gasteiger partial charge in [0.25, 0.3) is 0 Å². The Kier molecular flexibility index (Phi) is 6.03. The van der Waals surface area contributed by atoms with Gasteiger partial charge in [0.15, 0.2) is 5.82 Å². The van der Waals surface area contributed by atoms with Crippen molar-refractivity contribution in [2.75, 3.05) is 0 Å². The van der Waals surface area contributed by atoms with Crippen molar-refractivity contribution in [2.45, 2.75) is 57.4 Å². The second-order valence-electron chi connectivity index (χ2n) is 6.79. The van der Waals surface area contributed by atoms with Gasteiger partial charge in [-0.1, -0.05) is 25.6 Å². The first-order chi connectivity index (χ1) is 12.2. The Morgan fingerprint density at radius 2 is 2.00 bits per heavy atom. The summed E-state index contributed by atoms with van der Waals surface area (Å²) in [6.07, 6.45) is 0. The maximum Gasteiger partial charge on any atom is 0.234 e. The molecular weight excluding hydrogens is 348 g/mol. The van der Waals surface area contributed by atoms with Crippen molar-refractivity contribution in [3.63, 3.8) is 0 Å². The second-order valence-corrected chi connectivity index (χ2v) is 8.15. The average Bonchev–Trinajstić information content (AvgIpc) is 2.93. The van der Waals surface area contributed by atoms with Crippen molar-refractivity contribution in [3.05, 3.63) is 29.6 Å². The first-order valence-corrected chi connectivity index (χ1v) is 9.31. The zero-order valence-corrected chi connectivity index (χ0v) is 16.8. The van der Waals surface area contributed by atoms with Crippen molar-refractivity contribution in [2.24, 2.45) is 5.92 Å². The van der Waals surface area contributed by atoms with E-state index in [0.717, 1.165) is 11.4 Å². The Morgan fingerprint density at radius 3 is 2.46 bits per heavy atom. The summed E-state index contributed by atoms with van der Waals surface area (Å²) in [5, 5.41) is 25.2. The van der Waals surface area contributed by atoms with Crippen LogP contribution in [0.15, 0.2) is 23.2 Å². The summed E-state index contributed by atoms with van der Waals surface area (Å²) < 4.78 is 1.73. The minimum atomic E-state index is -0.892. The van der Waals surface area contributed by atoms with Gasteiger partial charge in [-0.2, -0.15) is 10.4 Å². The fraction of sp³-hybridized carbons (Fsp3) is 0.500. The zero-order valence-electron chi connectivity index (χ0n) is 15.9. The lowest BCUT2D eigenvalue weighted by atomic mass is 9.90. The van der Waals surface area contributed by atoms with Gasteiger partial charge in [0.1, 0.15) is 10.6 Å². The number of nitrogens with zero attached hydrogens (tertiary/aromatic N) is 5. The minimum Gasteiger partial charge on any atom is -0.337 e. The molecule has 0 spiro atoms. The summed E-state index contributed by atoms with van der Waals surface area (Å²) in [4.78, 5) is 12.4. The summed E-state index contributed by atoms with van der Waals surface area (Å²) in [6.45, 7) is 11.2. The monoisotopic (exact) mass is 372 g/mol. The van der Waals surface area contributed by atoms with E-state index >= 15 is 0 Å². The standard InChI is InChI=1S/C18H24N6OS/c1-11(2)18(6,10-19)20-17(25)14(5)26-16-8-7-15(21-22-16)24-13(4)9-12(3)23-24/h7-9,11,14H,1-6H3,(H,20,25)/t14-,18+/m1/s1. The van der Waals surface area contributed by atoms with E-state index in [1.807, 2.05) is 45.9 Å². The fourth-order valence-electron chi connectivity index (χ4n) is 2.24. The van der Waals surface area contributed by atoms with E-state index in [1.165, 1.54) is 11.8 Å². The molecule has 0 aliphatic rings. The van der Waals surface area contributed by atoms with Gasteiger partial charge in [0.2, 0.25) is 5.91 Å². The Bertz CT molecular complexity index is 823. The lowest BCUT2D eigenvalue weighted by Gasteiger charge is -2.28. The van der Waals surface area contributed by atoms with Gasteiger partial charge < -0.3 is 5.32 Å². The maximum absolute atomic E-state index is 12.4. The molecule has 0 fully saturated rings. The van der Waals surface area contributed by atoms with Crippen LogP contribution in [0.2, 0.25) is 0 Å². The molecule has 0 saturated carbocycles. The number of aromatic nitrogens is 4. The Labute approximate surface area is 158 Å². The van der Waals surface area contributed by atoms with Crippen molar-refractivity contribution in [3.8, 4) is 11.9 Å². The van der Waals surface area contributed by atoms with E-state index in [4.69, 9.17) is 0 Å². The molecule has 0 aliphatic heterocycles. The van der Waals surface area contributed by atoms with Gasteiger partial charge in [-0.15, -0.1) is 10.2 Å². The topological polar surface area (TPSA) is 96.5 Å². The zero-order chi connectivity index (χ0) is 19.5. The van der Waals surface area contributed by atoms with E-state index in [0.29, 0.717) is 10.8 Å². The summed E-state index contributed by atoms with van der Waals surface area (Å²) in [5.41, 5.74) is 1.00. The first-order valence-electron chi connectivity index (χ1n) is 8.43. The maximum atomic E-state index is 12.4. The molecule has 2 rings (SSSR count). The van der Waals surface area contributed by atoms with Crippen LogP contribution in [0.4, 0.5) is 0 Å². The molecule has 1 N–H and O–H groups in total. The van der Waals surface area contributed by atoms with Crippen LogP contribution in [0, 0.1) is 31.1 Å². The highest BCUT2D eigenvalue weighted by atomic mass is 32.2. The fourth-order valence-corrected chi connectivity index (χ4v) is 3.01. The van der Waals surface area contributed by atoms with Crippen LogP contribution >= 0.6 is 11.8 Å². The third kappa shape index (κ3) is 4.41. The summed E-state index contributed by atoms with van der Waals surface area (Å²) in [6, 6.07) is 7.80. The number of carbonyl (C=O) groups excluding carboxylic acids is 1. The van der Waals surface area contributed by atoms with E-state index in [9.17, 15) is 10.1 Å². The van der Waals surface area contributed by atoms with Crippen LogP contribution in [0.5, 0.6) is 0 Å². The molecule has 0 saturated heterocycles. The third-order valence-electron chi connectivity index (χ3n) is 4.29. The molecule has 0 unspecified atom stereocenters. The summed E-state index contributed by atoms with van der Waals surface area (Å²) in [5.74, 6) is 0.444. The van der Waals surface area contributed by atoms with Gasteiger partial charge in [-0.3, -0.25) is 4.79 Å². The molecule has 0 bridgehead atoms. The number of nitriles is 1. The van der Waals surface area contributed by atoms with Gasteiger partial charge in [0.05, 0.1) is 17.0 Å². The van der Waals surface area contributed by atoms with Gasteiger partial charge >= 0.3 is 0 Å². The molecule has 8 heteroatoms. The van der Waals surface area contributed by atoms with E-state index < -0.39 is 10.8 Å². The average molecular weight is 372 g/mol. The van der Waals surface area contributed by atoms with E-state index in [2.05, 4.69) is 26.7 Å². The smallest absolute Gasteiger partial charge is 0.234 e. The van der Waals surface area contributed by atoms with Gasteiger partial charge in [-0.05, 0) is 51.8 Å². The lowest BCUT2D eigenvalue weighted by molar-refractivity contribution is -0.121. The third-order valence-corrected chi connectivity index (χ3v) is 5.32. The number of aryl methyl sites for hydroxylation is 2. The van der Waals surface area contributed by atoms with Crippen LogP contribution in [-0.4, -0.2) is 36.7 Å². The Morgan fingerprint density at radius 1 is 1.31 bits per heavy atom. The van der Waals surface area contributed by atoms with Crippen molar-refractivity contribution in [1.82, 2.24) is 25.3 Å². The highest BCUT2D eigenvalue weighted by Gasteiger charge is 2.31. The molecule has 2 atom stereocenters. The van der Waals surface area contributed by atoms with Gasteiger partial charge in [-0.25, -0.2) is 4.68 Å². The predicted octanol–water partition coefficient (Wildman–Crippen LogP) is 2.81. The lowest BCUT2D eigenvalue weighted by Crippen LogP contribution is -2.51. The molecule has 1 amide bonds. The van der Waals surface area contributed by atoms with Crippen LogP contribution < -0.4 is 5.32 Å². The van der Waals surface area contributed by atoms with Crippen LogP contribution in [-0.2, 0) is 4.79 Å². The molecule has 2 heterocycles. The number of amides is 1. The minimum absolute atomic E-state index is 0.00786. The Hall–Kier alpha value is -2.40. The summed E-state index contributed by atoms with van der Waals surface area (Å²) >= 11 is 1.30. The number of thioether (sulfide) groups is 1. The van der Waals surface area contributed by atoms with Crippen molar-refractivity contribution >= 4 is 17.7 Å². The molecule has 2 aromatic heterocycles. The highest BCUT2D eigenvalue weighted by Crippen LogP contribution is 2.23. The number of hydrogen-bond donors (Lipinski definition) is 1. The van der Waals surface area contributed by atoms with Crippen LogP contribution in [0.3, 0.4) is 0 Å². The summed E-state index contributed by atoms with van der Waals surface area (Å²) in [7, 11) is 0. The Balaban J connectivity index is 2.05. The largest absolute Gasteiger partial charge is 0.337 e. The number of nitrogens with one attached hydrogen (secondary N) is 1. The number of hydrogen-bond acceptors (Lipinski definition) is 6. The molecule has 138 valence electrons. The molecule has 26 heavy (non-hydrogen) atoms. The molecule has 2 aromatic rings. The van der Waals surface area contributed by atoms with Crippen molar-refractivity contribution in [1.29, 1.82) is 5.26 Å². The van der Waals surface area contributed by atoms with Crippen molar-refractivity contribution < 1.29 is 4.79 Å². The molecular formula is C18H24N6OS. The molecule has 0 aliphatic carbocycles. The molecule has 0 aromatic carbocycles. The number of rotatable bonds is 6. The number of carbonyl (C=O) groups is 1. The van der Waals surface area contributed by atoms with E-state index in [1.54, 1.807) is 18.5 Å². The molecule has 7 nitrogen and oxygen atoms in total. The SMILES string of the molecule is Cc1cc(C)n(-c2ccc(S[C@H](C)C(=O)N[C@@](C)(C#N)C(C)C)nn2)n1. The normalized spacial score (nSPS) is 14.5. The molecule has 0 radical (unpaired) electrons. The van der Waals surface area contributed by atoms with Crippen LogP contribution in [0.1, 0.15) is 39.1 Å².